The second-order valence-electron chi connectivity index (χ2n) is 5.72. The number of halogens is 4. The van der Waals surface area contributed by atoms with E-state index >= 15 is 0 Å². The van der Waals surface area contributed by atoms with Gasteiger partial charge in [-0.25, -0.2) is 9.48 Å². The van der Waals surface area contributed by atoms with Crippen molar-refractivity contribution in [3.8, 4) is 17.2 Å². The number of tetrazole rings is 1. The van der Waals surface area contributed by atoms with Crippen molar-refractivity contribution in [2.45, 2.75) is 13.2 Å². The van der Waals surface area contributed by atoms with Crippen LogP contribution in [-0.4, -0.2) is 51.8 Å². The summed E-state index contributed by atoms with van der Waals surface area (Å²) in [6, 6.07) is 8.61. The number of rotatable bonds is 9. The van der Waals surface area contributed by atoms with Crippen LogP contribution < -0.4 is 9.47 Å². The standard InChI is InChI=1S/C18H12F4N4O5/c19-17(20)30-12-4-5-13(15(7-12)31-18(21)22)14(27)8-29-16(28)10-2-1-3-11(6-10)26-9-23-24-25-26/h1-7,9,17-18H,8H2. The van der Waals surface area contributed by atoms with E-state index in [0.717, 1.165) is 12.1 Å². The SMILES string of the molecule is O=C(OCC(=O)c1ccc(OC(F)F)cc1OC(F)F)c1cccc(-n2cnnn2)c1. The van der Waals surface area contributed by atoms with Gasteiger partial charge in [-0.15, -0.1) is 5.10 Å². The van der Waals surface area contributed by atoms with Crippen molar-refractivity contribution < 1.29 is 41.4 Å². The lowest BCUT2D eigenvalue weighted by molar-refractivity contribution is -0.0545. The second-order valence-corrected chi connectivity index (χ2v) is 5.72. The molecule has 0 atom stereocenters. The van der Waals surface area contributed by atoms with Gasteiger partial charge in [0.1, 0.15) is 17.8 Å². The summed E-state index contributed by atoms with van der Waals surface area (Å²) in [7, 11) is 0. The van der Waals surface area contributed by atoms with Gasteiger partial charge < -0.3 is 14.2 Å². The lowest BCUT2D eigenvalue weighted by Crippen LogP contribution is -2.16. The monoisotopic (exact) mass is 440 g/mol. The van der Waals surface area contributed by atoms with Crippen molar-refractivity contribution in [1.82, 2.24) is 20.2 Å². The third-order valence-corrected chi connectivity index (χ3v) is 3.72. The zero-order valence-electron chi connectivity index (χ0n) is 15.3. The number of aromatic nitrogens is 4. The molecule has 2 aromatic carbocycles. The predicted molar refractivity (Wildman–Crippen MR) is 93.5 cm³/mol. The summed E-state index contributed by atoms with van der Waals surface area (Å²) in [6.07, 6.45) is 1.31. The molecule has 0 amide bonds. The normalized spacial score (nSPS) is 10.9. The van der Waals surface area contributed by atoms with Gasteiger partial charge in [0.25, 0.3) is 0 Å². The van der Waals surface area contributed by atoms with E-state index in [1.165, 1.54) is 29.2 Å². The summed E-state index contributed by atoms with van der Waals surface area (Å²) >= 11 is 0. The number of ether oxygens (including phenoxy) is 3. The molecule has 31 heavy (non-hydrogen) atoms. The van der Waals surface area contributed by atoms with Gasteiger partial charge in [0, 0.05) is 6.07 Å². The van der Waals surface area contributed by atoms with E-state index in [-0.39, 0.29) is 5.56 Å². The molecular formula is C18H12F4N4O5. The van der Waals surface area contributed by atoms with Gasteiger partial charge in [0.05, 0.1) is 16.8 Å². The number of hydrogen-bond donors (Lipinski definition) is 0. The Labute approximate surface area is 171 Å². The fraction of sp³-hybridized carbons (Fsp3) is 0.167. The van der Waals surface area contributed by atoms with E-state index < -0.39 is 48.6 Å². The molecule has 162 valence electrons. The first-order valence-electron chi connectivity index (χ1n) is 8.41. The maximum absolute atomic E-state index is 12.6. The number of nitrogens with zero attached hydrogens (tertiary/aromatic N) is 4. The molecule has 3 aromatic rings. The molecule has 0 radical (unpaired) electrons. The van der Waals surface area contributed by atoms with Crippen LogP contribution in [0.15, 0.2) is 48.8 Å². The van der Waals surface area contributed by atoms with E-state index in [9.17, 15) is 27.2 Å². The van der Waals surface area contributed by atoms with Crippen LogP contribution in [0.25, 0.3) is 5.69 Å². The summed E-state index contributed by atoms with van der Waals surface area (Å²) in [5, 5.41) is 10.6. The van der Waals surface area contributed by atoms with E-state index in [0.29, 0.717) is 11.8 Å². The van der Waals surface area contributed by atoms with E-state index in [1.54, 1.807) is 6.07 Å². The average Bonchev–Trinajstić information content (AvgIpc) is 3.26. The van der Waals surface area contributed by atoms with Crippen molar-refractivity contribution in [2.75, 3.05) is 6.61 Å². The quantitative estimate of drug-likeness (QED) is 0.284. The fourth-order valence-electron chi connectivity index (χ4n) is 2.45. The smallest absolute Gasteiger partial charge is 0.387 e. The number of hydrogen-bond acceptors (Lipinski definition) is 8. The molecule has 1 heterocycles. The van der Waals surface area contributed by atoms with Gasteiger partial charge in [0.2, 0.25) is 5.78 Å². The Morgan fingerprint density at radius 3 is 2.45 bits per heavy atom. The fourth-order valence-corrected chi connectivity index (χ4v) is 2.45. The Morgan fingerprint density at radius 1 is 1.00 bits per heavy atom. The second kappa shape index (κ2) is 9.65. The molecule has 1 aromatic heterocycles. The van der Waals surface area contributed by atoms with Crippen LogP contribution >= 0.6 is 0 Å². The molecule has 13 heteroatoms. The van der Waals surface area contributed by atoms with Gasteiger partial charge >= 0.3 is 19.2 Å². The number of carbonyl (C=O) groups is 2. The lowest BCUT2D eigenvalue weighted by atomic mass is 10.1. The zero-order valence-corrected chi connectivity index (χ0v) is 15.3. The molecule has 0 unspecified atom stereocenters. The zero-order chi connectivity index (χ0) is 22.4. The molecule has 0 saturated carbocycles. The maximum Gasteiger partial charge on any atom is 0.387 e. The summed E-state index contributed by atoms with van der Waals surface area (Å²) in [4.78, 5) is 24.6. The maximum atomic E-state index is 12.6. The molecule has 0 bridgehead atoms. The summed E-state index contributed by atoms with van der Waals surface area (Å²) in [6.45, 7) is -7.35. The first-order valence-corrected chi connectivity index (χ1v) is 8.41. The minimum atomic E-state index is -3.33. The molecule has 0 aliphatic rings. The molecule has 9 nitrogen and oxygen atoms in total. The van der Waals surface area contributed by atoms with Crippen LogP contribution in [0.1, 0.15) is 20.7 Å². The third kappa shape index (κ3) is 5.74. The Bertz CT molecular complexity index is 1060. The minimum absolute atomic E-state index is 0.0746. The van der Waals surface area contributed by atoms with E-state index in [2.05, 4.69) is 25.0 Å². The molecule has 0 N–H and O–H groups in total. The van der Waals surface area contributed by atoms with Crippen molar-refractivity contribution in [2.24, 2.45) is 0 Å². The largest absolute Gasteiger partial charge is 0.454 e. The Hall–Kier alpha value is -4.03. The molecular weight excluding hydrogens is 428 g/mol. The number of Topliss-reactive ketones (excluding diaryl/α,β-unsaturated/α-hetero) is 1. The summed E-state index contributed by atoms with van der Waals surface area (Å²) < 4.78 is 64.4. The van der Waals surface area contributed by atoms with Crippen LogP contribution in [0.2, 0.25) is 0 Å². The van der Waals surface area contributed by atoms with Crippen molar-refractivity contribution in [1.29, 1.82) is 0 Å². The van der Waals surface area contributed by atoms with E-state index in [4.69, 9.17) is 4.74 Å². The van der Waals surface area contributed by atoms with Crippen LogP contribution in [0.4, 0.5) is 17.6 Å². The van der Waals surface area contributed by atoms with E-state index in [1.807, 2.05) is 0 Å². The Kier molecular flexibility index (Phi) is 6.74. The summed E-state index contributed by atoms with van der Waals surface area (Å²) in [5.74, 6) is -2.96. The highest BCUT2D eigenvalue weighted by atomic mass is 19.3. The minimum Gasteiger partial charge on any atom is -0.454 e. The van der Waals surface area contributed by atoms with Crippen molar-refractivity contribution >= 4 is 11.8 Å². The highest BCUT2D eigenvalue weighted by Gasteiger charge is 2.20. The topological polar surface area (TPSA) is 105 Å². The van der Waals surface area contributed by atoms with Gasteiger partial charge in [-0.1, -0.05) is 6.07 Å². The van der Waals surface area contributed by atoms with Crippen LogP contribution in [0.3, 0.4) is 0 Å². The van der Waals surface area contributed by atoms with Crippen molar-refractivity contribution in [3.05, 3.63) is 59.9 Å². The molecule has 0 spiro atoms. The first kappa shape index (κ1) is 21.7. The number of benzene rings is 2. The van der Waals surface area contributed by atoms with Gasteiger partial charge in [0.15, 0.2) is 6.61 Å². The molecule has 0 aliphatic heterocycles. The van der Waals surface area contributed by atoms with Crippen LogP contribution in [0.5, 0.6) is 11.5 Å². The van der Waals surface area contributed by atoms with Gasteiger partial charge in [-0.3, -0.25) is 4.79 Å². The van der Waals surface area contributed by atoms with Crippen molar-refractivity contribution in [3.63, 3.8) is 0 Å². The predicted octanol–water partition coefficient (Wildman–Crippen LogP) is 2.90. The molecule has 0 saturated heterocycles. The number of esters is 1. The van der Waals surface area contributed by atoms with Gasteiger partial charge in [-0.2, -0.15) is 17.6 Å². The third-order valence-electron chi connectivity index (χ3n) is 3.72. The lowest BCUT2D eigenvalue weighted by Gasteiger charge is -2.12. The number of ketones is 1. The van der Waals surface area contributed by atoms with Gasteiger partial charge in [-0.05, 0) is 40.8 Å². The Balaban J connectivity index is 1.71. The number of carbonyl (C=O) groups excluding carboxylic acids is 2. The first-order chi connectivity index (χ1) is 14.8. The molecule has 0 aliphatic carbocycles. The molecule has 0 fully saturated rings. The highest BCUT2D eigenvalue weighted by Crippen LogP contribution is 2.28. The molecule has 3 rings (SSSR count). The highest BCUT2D eigenvalue weighted by molar-refractivity contribution is 6.01. The average molecular weight is 440 g/mol. The van der Waals surface area contributed by atoms with Crippen LogP contribution in [-0.2, 0) is 4.74 Å². The van der Waals surface area contributed by atoms with Crippen LogP contribution in [0, 0.1) is 0 Å². The number of alkyl halides is 4. The Morgan fingerprint density at radius 2 is 1.77 bits per heavy atom. The summed E-state index contributed by atoms with van der Waals surface area (Å²) in [5.41, 5.74) is 0.121.